The third-order valence-electron chi connectivity index (χ3n) is 4.74. The molecule has 29 heavy (non-hydrogen) atoms. The van der Waals surface area contributed by atoms with Crippen molar-refractivity contribution in [1.29, 1.82) is 0 Å². The lowest BCUT2D eigenvalue weighted by atomic mass is 10.1. The molecule has 0 atom stereocenters. The minimum atomic E-state index is -2.86. The molecule has 1 amide bonds. The number of carbonyl (C=O) groups is 1. The van der Waals surface area contributed by atoms with Crippen molar-refractivity contribution in [2.45, 2.75) is 12.5 Å². The molecule has 0 bridgehead atoms. The van der Waals surface area contributed by atoms with E-state index in [1.165, 1.54) is 51.8 Å². The molecule has 1 aliphatic rings. The molecule has 1 aromatic carbocycles. The van der Waals surface area contributed by atoms with Crippen molar-refractivity contribution in [1.82, 2.24) is 24.5 Å². The van der Waals surface area contributed by atoms with Crippen molar-refractivity contribution in [3.8, 4) is 11.3 Å². The highest BCUT2D eigenvalue weighted by Gasteiger charge is 2.36. The predicted molar refractivity (Wildman–Crippen MR) is 97.0 cm³/mol. The zero-order valence-electron chi connectivity index (χ0n) is 15.3. The lowest BCUT2D eigenvalue weighted by Gasteiger charge is -2.39. The van der Waals surface area contributed by atoms with Crippen molar-refractivity contribution in [2.75, 3.05) is 13.1 Å². The third kappa shape index (κ3) is 3.53. The fraction of sp³-hybridized carbons (Fsp3) is 0.263. The number of hydrogen-bond donors (Lipinski definition) is 0. The van der Waals surface area contributed by atoms with Crippen molar-refractivity contribution < 1.29 is 18.0 Å². The molecular formula is C19H16F3N5O2. The van der Waals surface area contributed by atoms with Crippen molar-refractivity contribution in [3.05, 3.63) is 70.0 Å². The van der Waals surface area contributed by atoms with Crippen LogP contribution in [0.4, 0.5) is 13.2 Å². The van der Waals surface area contributed by atoms with Gasteiger partial charge in [0.25, 0.3) is 17.9 Å². The Hall–Kier alpha value is -3.43. The summed E-state index contributed by atoms with van der Waals surface area (Å²) in [6.07, 6.45) is -1.61. The summed E-state index contributed by atoms with van der Waals surface area (Å²) in [7, 11) is 1.46. The normalized spacial score (nSPS) is 14.3. The first-order chi connectivity index (χ1) is 13.8. The first kappa shape index (κ1) is 18.9. The topological polar surface area (TPSA) is 73.0 Å². The molecule has 1 fully saturated rings. The van der Waals surface area contributed by atoms with Gasteiger partial charge in [0.05, 0.1) is 17.3 Å². The number of aryl methyl sites for hydroxylation is 1. The fourth-order valence-corrected chi connectivity index (χ4v) is 3.27. The van der Waals surface area contributed by atoms with Gasteiger partial charge in [0.2, 0.25) is 0 Å². The van der Waals surface area contributed by atoms with Gasteiger partial charge in [0, 0.05) is 38.0 Å². The van der Waals surface area contributed by atoms with Gasteiger partial charge >= 0.3 is 0 Å². The molecule has 0 saturated carbocycles. The Morgan fingerprint density at radius 2 is 1.93 bits per heavy atom. The number of likely N-dealkylation sites (tertiary alicyclic amines) is 1. The highest BCUT2D eigenvalue weighted by Crippen LogP contribution is 2.27. The van der Waals surface area contributed by atoms with Crippen molar-refractivity contribution in [3.63, 3.8) is 0 Å². The Balaban J connectivity index is 1.54. The first-order valence-electron chi connectivity index (χ1n) is 8.80. The Morgan fingerprint density at radius 1 is 1.17 bits per heavy atom. The largest absolute Gasteiger partial charge is 0.334 e. The van der Waals surface area contributed by atoms with E-state index in [0.717, 1.165) is 0 Å². The Bertz CT molecular complexity index is 1130. The Kier molecular flexibility index (Phi) is 4.69. The third-order valence-corrected chi connectivity index (χ3v) is 4.74. The molecular weight excluding hydrogens is 387 g/mol. The summed E-state index contributed by atoms with van der Waals surface area (Å²) in [5, 5.41) is 7.92. The number of nitrogens with zero attached hydrogens (tertiary/aromatic N) is 5. The highest BCUT2D eigenvalue weighted by molar-refractivity contribution is 5.95. The van der Waals surface area contributed by atoms with Crippen LogP contribution >= 0.6 is 0 Å². The SMILES string of the molecule is Cn1cc(C(=O)N2CC(n3nc(-c4cccc(F)c4)ccc3=O)C2)c(C(F)F)n1. The van der Waals surface area contributed by atoms with Crippen molar-refractivity contribution in [2.24, 2.45) is 7.05 Å². The number of rotatable bonds is 4. The number of aromatic nitrogens is 4. The van der Waals surface area contributed by atoms with Crippen LogP contribution in [0.15, 0.2) is 47.4 Å². The van der Waals surface area contributed by atoms with Crippen LogP contribution in [-0.4, -0.2) is 43.5 Å². The molecule has 1 aliphatic heterocycles. The van der Waals surface area contributed by atoms with Gasteiger partial charge in [-0.15, -0.1) is 0 Å². The van der Waals surface area contributed by atoms with Crippen LogP contribution < -0.4 is 5.56 Å². The maximum Gasteiger partial charge on any atom is 0.282 e. The van der Waals surface area contributed by atoms with Crippen LogP contribution in [0.3, 0.4) is 0 Å². The summed E-state index contributed by atoms with van der Waals surface area (Å²) in [6.45, 7) is 0.297. The van der Waals surface area contributed by atoms with Gasteiger partial charge in [-0.2, -0.15) is 10.2 Å². The van der Waals surface area contributed by atoms with Gasteiger partial charge in [-0.1, -0.05) is 12.1 Å². The first-order valence-corrected chi connectivity index (χ1v) is 8.80. The van der Waals surface area contributed by atoms with Gasteiger partial charge in [0.1, 0.15) is 11.5 Å². The molecule has 4 rings (SSSR count). The fourth-order valence-electron chi connectivity index (χ4n) is 3.27. The van der Waals surface area contributed by atoms with E-state index < -0.39 is 29.9 Å². The molecule has 150 valence electrons. The maximum absolute atomic E-state index is 13.5. The van der Waals surface area contributed by atoms with Crippen LogP contribution in [0, 0.1) is 5.82 Å². The van der Waals surface area contributed by atoms with E-state index in [9.17, 15) is 22.8 Å². The number of alkyl halides is 2. The molecule has 7 nitrogen and oxygen atoms in total. The zero-order valence-corrected chi connectivity index (χ0v) is 15.3. The quantitative estimate of drug-likeness (QED) is 0.671. The Morgan fingerprint density at radius 3 is 2.62 bits per heavy atom. The standard InChI is InChI=1S/C19H16F3N5O2/c1-25-10-14(17(24-25)18(21)22)19(29)26-8-13(9-26)27-16(28)6-5-15(23-27)11-3-2-4-12(20)7-11/h2-7,10,13,18H,8-9H2,1H3. The minimum Gasteiger partial charge on any atom is -0.334 e. The van der Waals surface area contributed by atoms with E-state index >= 15 is 0 Å². The predicted octanol–water partition coefficient (Wildman–Crippen LogP) is 2.42. The smallest absolute Gasteiger partial charge is 0.282 e. The number of benzene rings is 1. The summed E-state index contributed by atoms with van der Waals surface area (Å²) < 4.78 is 42.0. The van der Waals surface area contributed by atoms with E-state index in [1.54, 1.807) is 12.1 Å². The van der Waals surface area contributed by atoms with Gasteiger partial charge in [-0.25, -0.2) is 17.9 Å². The summed E-state index contributed by atoms with van der Waals surface area (Å²) in [4.78, 5) is 26.1. The van der Waals surface area contributed by atoms with E-state index in [0.29, 0.717) is 11.3 Å². The van der Waals surface area contributed by atoms with Crippen LogP contribution in [-0.2, 0) is 7.05 Å². The summed E-state index contributed by atoms with van der Waals surface area (Å²) in [6, 6.07) is 8.26. The molecule has 3 heterocycles. The molecule has 0 unspecified atom stereocenters. The number of carbonyl (C=O) groups excluding carboxylic acids is 1. The molecule has 0 N–H and O–H groups in total. The molecule has 0 radical (unpaired) electrons. The van der Waals surface area contributed by atoms with Gasteiger partial charge in [-0.3, -0.25) is 14.3 Å². The maximum atomic E-state index is 13.5. The summed E-state index contributed by atoms with van der Waals surface area (Å²) >= 11 is 0. The van der Waals surface area contributed by atoms with Gasteiger partial charge in [0.15, 0.2) is 0 Å². The van der Waals surface area contributed by atoms with Crippen LogP contribution in [0.2, 0.25) is 0 Å². The van der Waals surface area contributed by atoms with E-state index in [-0.39, 0.29) is 24.2 Å². The number of hydrogen-bond acceptors (Lipinski definition) is 4. The lowest BCUT2D eigenvalue weighted by Crippen LogP contribution is -2.53. The van der Waals surface area contributed by atoms with Crippen LogP contribution in [0.5, 0.6) is 0 Å². The molecule has 10 heteroatoms. The van der Waals surface area contributed by atoms with Gasteiger partial charge in [-0.05, 0) is 18.2 Å². The Labute approximate surface area is 163 Å². The second-order valence-electron chi connectivity index (χ2n) is 6.78. The van der Waals surface area contributed by atoms with Crippen LogP contribution in [0.1, 0.15) is 28.5 Å². The van der Waals surface area contributed by atoms with Crippen molar-refractivity contribution >= 4 is 5.91 Å². The molecule has 1 saturated heterocycles. The van der Waals surface area contributed by atoms with Gasteiger partial charge < -0.3 is 4.90 Å². The van der Waals surface area contributed by atoms with E-state index in [2.05, 4.69) is 10.2 Å². The number of halogens is 3. The lowest BCUT2D eigenvalue weighted by molar-refractivity contribution is 0.0484. The average molecular weight is 403 g/mol. The second-order valence-corrected chi connectivity index (χ2v) is 6.78. The molecule has 2 aromatic heterocycles. The van der Waals surface area contributed by atoms with E-state index in [1.807, 2.05) is 0 Å². The summed E-state index contributed by atoms with van der Waals surface area (Å²) in [5.74, 6) is -0.993. The zero-order chi connectivity index (χ0) is 20.7. The number of amides is 1. The van der Waals surface area contributed by atoms with E-state index in [4.69, 9.17) is 0 Å². The highest BCUT2D eigenvalue weighted by atomic mass is 19.3. The van der Waals surface area contributed by atoms with Crippen LogP contribution in [0.25, 0.3) is 11.3 Å². The monoisotopic (exact) mass is 403 g/mol. The average Bonchev–Trinajstić information content (AvgIpc) is 3.04. The second kappa shape index (κ2) is 7.19. The molecule has 3 aromatic rings. The minimum absolute atomic E-state index is 0.149. The molecule has 0 spiro atoms. The molecule has 0 aliphatic carbocycles. The summed E-state index contributed by atoms with van der Waals surface area (Å²) in [5.41, 5.74) is -0.153.